The van der Waals surface area contributed by atoms with Gasteiger partial charge < -0.3 is 4.74 Å². The zero-order chi connectivity index (χ0) is 16.9. The van der Waals surface area contributed by atoms with E-state index < -0.39 is 22.4 Å². The largest absolute Gasteiger partial charge is 0.450 e. The van der Waals surface area contributed by atoms with Crippen molar-refractivity contribution < 1.29 is 22.3 Å². The Bertz CT molecular complexity index is 688. The van der Waals surface area contributed by atoms with Crippen molar-refractivity contribution in [2.45, 2.75) is 6.92 Å². The third-order valence-electron chi connectivity index (χ3n) is 2.29. The van der Waals surface area contributed by atoms with Crippen LogP contribution in [0.1, 0.15) is 6.92 Å². The van der Waals surface area contributed by atoms with Crippen LogP contribution in [-0.2, 0) is 15.2 Å². The molecule has 122 valence electrons. The fourth-order valence-electron chi connectivity index (χ4n) is 1.46. The minimum atomic E-state index is -2.76. The van der Waals surface area contributed by atoms with E-state index in [0.717, 1.165) is 17.3 Å². The molecule has 0 aliphatic carbocycles. The van der Waals surface area contributed by atoms with E-state index in [2.05, 4.69) is 14.5 Å². The molecule has 1 aromatic rings. The summed E-state index contributed by atoms with van der Waals surface area (Å²) in [6.45, 7) is 1.71. The summed E-state index contributed by atoms with van der Waals surface area (Å²) < 4.78 is 43.3. The van der Waals surface area contributed by atoms with E-state index in [1.165, 1.54) is 19.1 Å². The standard InChI is InChI=1S/C11H14ClFN4O4S/c1-4-21-11(18)14-9-6-10(7(12)5-8(9)13)17(16(2)3)15-22(19)20/h5-6H,4H2,1-3H3,(H,14,18). The van der Waals surface area contributed by atoms with E-state index in [-0.39, 0.29) is 23.0 Å². The molecule has 0 unspecified atom stereocenters. The van der Waals surface area contributed by atoms with Gasteiger partial charge in [0.1, 0.15) is 11.5 Å². The fraction of sp³-hybridized carbons (Fsp3) is 0.364. The zero-order valence-electron chi connectivity index (χ0n) is 12.0. The van der Waals surface area contributed by atoms with Crippen molar-refractivity contribution in [2.75, 3.05) is 31.1 Å². The topological polar surface area (TPSA) is 91.3 Å². The molecular formula is C11H14ClFN4O4S. The minimum absolute atomic E-state index is 0.0593. The van der Waals surface area contributed by atoms with E-state index in [1.807, 2.05) is 0 Å². The molecule has 0 saturated heterocycles. The summed E-state index contributed by atoms with van der Waals surface area (Å²) in [5.41, 5.74) is -0.166. The minimum Gasteiger partial charge on any atom is -0.450 e. The van der Waals surface area contributed by atoms with Gasteiger partial charge in [0, 0.05) is 14.1 Å². The summed E-state index contributed by atoms with van der Waals surface area (Å²) in [4.78, 5) is 11.4. The molecule has 0 atom stereocenters. The second kappa shape index (κ2) is 7.92. The number of anilines is 2. The summed E-state index contributed by atoms with van der Waals surface area (Å²) in [6, 6.07) is 2.07. The van der Waals surface area contributed by atoms with Gasteiger partial charge in [0.2, 0.25) is 0 Å². The van der Waals surface area contributed by atoms with Gasteiger partial charge in [-0.1, -0.05) is 11.6 Å². The van der Waals surface area contributed by atoms with Crippen LogP contribution in [0, 0.1) is 5.82 Å². The van der Waals surface area contributed by atoms with Gasteiger partial charge in [0.05, 0.1) is 17.3 Å². The van der Waals surface area contributed by atoms with Gasteiger partial charge in [-0.05, 0) is 23.5 Å². The average molecular weight is 353 g/mol. The molecule has 0 fully saturated rings. The molecule has 1 aromatic carbocycles. The molecule has 22 heavy (non-hydrogen) atoms. The third kappa shape index (κ3) is 4.83. The van der Waals surface area contributed by atoms with Crippen LogP contribution in [0.25, 0.3) is 0 Å². The Morgan fingerprint density at radius 1 is 1.45 bits per heavy atom. The van der Waals surface area contributed by atoms with Crippen molar-refractivity contribution >= 4 is 39.6 Å². The molecule has 0 spiro atoms. The number of carbonyl (C=O) groups is 1. The lowest BCUT2D eigenvalue weighted by Gasteiger charge is -2.25. The molecule has 1 amide bonds. The predicted octanol–water partition coefficient (Wildman–Crippen LogP) is 2.31. The Morgan fingerprint density at radius 3 is 2.59 bits per heavy atom. The van der Waals surface area contributed by atoms with Gasteiger partial charge in [-0.25, -0.2) is 14.2 Å². The number of benzene rings is 1. The van der Waals surface area contributed by atoms with Crippen LogP contribution in [-0.4, -0.2) is 40.2 Å². The van der Waals surface area contributed by atoms with Crippen molar-refractivity contribution in [3.63, 3.8) is 0 Å². The number of hydrogen-bond donors (Lipinski definition) is 1. The summed E-state index contributed by atoms with van der Waals surface area (Å²) in [6.07, 6.45) is -0.851. The number of carbonyl (C=O) groups excluding carboxylic acids is 1. The van der Waals surface area contributed by atoms with Crippen molar-refractivity contribution in [2.24, 2.45) is 4.47 Å². The lowest BCUT2D eigenvalue weighted by atomic mass is 10.2. The summed E-state index contributed by atoms with van der Waals surface area (Å²) in [5, 5.41) is 4.34. The third-order valence-corrected chi connectivity index (χ3v) is 2.88. The van der Waals surface area contributed by atoms with E-state index in [4.69, 9.17) is 11.6 Å². The Balaban J connectivity index is 3.30. The molecule has 0 aliphatic rings. The first-order valence-corrected chi connectivity index (χ1v) is 7.38. The molecule has 1 N–H and O–H groups in total. The second-order valence-corrected chi connectivity index (χ2v) is 5.07. The predicted molar refractivity (Wildman–Crippen MR) is 79.6 cm³/mol. The summed E-state index contributed by atoms with van der Waals surface area (Å²) in [5.74, 6) is -0.802. The smallest absolute Gasteiger partial charge is 0.411 e. The molecule has 8 nitrogen and oxygen atoms in total. The van der Waals surface area contributed by atoms with Crippen LogP contribution in [0.4, 0.5) is 20.6 Å². The Kier molecular flexibility index (Phi) is 6.53. The van der Waals surface area contributed by atoms with Crippen molar-refractivity contribution in [1.82, 2.24) is 5.01 Å². The van der Waals surface area contributed by atoms with Crippen LogP contribution in [0.3, 0.4) is 0 Å². The Hall–Kier alpha value is -1.91. The molecule has 0 aliphatic heterocycles. The maximum Gasteiger partial charge on any atom is 0.411 e. The lowest BCUT2D eigenvalue weighted by Crippen LogP contribution is -2.32. The van der Waals surface area contributed by atoms with Crippen molar-refractivity contribution in [3.8, 4) is 0 Å². The molecule has 0 bridgehead atoms. The van der Waals surface area contributed by atoms with Crippen molar-refractivity contribution in [3.05, 3.63) is 23.0 Å². The molecular weight excluding hydrogens is 339 g/mol. The van der Waals surface area contributed by atoms with Gasteiger partial charge in [0.15, 0.2) is 0 Å². The summed E-state index contributed by atoms with van der Waals surface area (Å²) >= 11 is 5.91. The first-order valence-electron chi connectivity index (χ1n) is 5.97. The number of hydrazine groups is 1. The van der Waals surface area contributed by atoms with Gasteiger partial charge in [-0.15, -0.1) is 0 Å². The highest BCUT2D eigenvalue weighted by molar-refractivity contribution is 7.61. The van der Waals surface area contributed by atoms with Crippen LogP contribution in [0.15, 0.2) is 16.6 Å². The number of hydrogen-bond acceptors (Lipinski definition) is 6. The summed E-state index contributed by atoms with van der Waals surface area (Å²) in [7, 11) is 0.261. The first-order chi connectivity index (χ1) is 10.3. The maximum atomic E-state index is 13.8. The van der Waals surface area contributed by atoms with Crippen LogP contribution in [0.2, 0.25) is 5.02 Å². The number of halogens is 2. The SMILES string of the molecule is CCOC(=O)Nc1cc(N(N=S(=O)=O)N(C)C)c(Cl)cc1F. The number of rotatable bonds is 5. The normalized spacial score (nSPS) is 10.3. The van der Waals surface area contributed by atoms with Gasteiger partial charge in [-0.2, -0.15) is 13.5 Å². The first kappa shape index (κ1) is 18.1. The number of nitrogens with zero attached hydrogens (tertiary/aromatic N) is 3. The van der Waals surface area contributed by atoms with Gasteiger partial charge in [-0.3, -0.25) is 5.32 Å². The highest BCUT2D eigenvalue weighted by Gasteiger charge is 2.18. The van der Waals surface area contributed by atoms with E-state index in [9.17, 15) is 17.6 Å². The Morgan fingerprint density at radius 2 is 2.09 bits per heavy atom. The van der Waals surface area contributed by atoms with Gasteiger partial charge in [0.25, 0.3) is 0 Å². The number of ether oxygens (including phenoxy) is 1. The van der Waals surface area contributed by atoms with Crippen LogP contribution < -0.4 is 10.4 Å². The molecule has 1 rings (SSSR count). The zero-order valence-corrected chi connectivity index (χ0v) is 13.6. The lowest BCUT2D eigenvalue weighted by molar-refractivity contribution is 0.168. The van der Waals surface area contributed by atoms with E-state index in [1.54, 1.807) is 6.92 Å². The highest BCUT2D eigenvalue weighted by atomic mass is 35.5. The highest BCUT2D eigenvalue weighted by Crippen LogP contribution is 2.32. The molecule has 0 radical (unpaired) electrons. The number of amides is 1. The fourth-order valence-corrected chi connectivity index (χ4v) is 2.05. The van der Waals surface area contributed by atoms with E-state index >= 15 is 0 Å². The molecule has 0 saturated carbocycles. The average Bonchev–Trinajstić information content (AvgIpc) is 2.39. The van der Waals surface area contributed by atoms with E-state index in [0.29, 0.717) is 0 Å². The monoisotopic (exact) mass is 352 g/mol. The second-order valence-electron chi connectivity index (χ2n) is 4.06. The van der Waals surface area contributed by atoms with Crippen LogP contribution in [0.5, 0.6) is 0 Å². The molecule has 11 heteroatoms. The van der Waals surface area contributed by atoms with Crippen LogP contribution >= 0.6 is 11.6 Å². The molecule has 0 heterocycles. The van der Waals surface area contributed by atoms with Crippen molar-refractivity contribution in [1.29, 1.82) is 0 Å². The molecule has 0 aromatic heterocycles. The quantitative estimate of drug-likeness (QED) is 0.818. The number of nitrogens with one attached hydrogen (secondary N) is 1. The Labute approximate surface area is 133 Å². The maximum absolute atomic E-state index is 13.8. The van der Waals surface area contributed by atoms with Gasteiger partial charge >= 0.3 is 16.6 Å².